The van der Waals surface area contributed by atoms with Gasteiger partial charge in [-0.3, -0.25) is 4.90 Å². The predicted molar refractivity (Wildman–Crippen MR) is 103 cm³/mol. The molecule has 2 aliphatic rings. The van der Waals surface area contributed by atoms with Gasteiger partial charge in [0.2, 0.25) is 0 Å². The van der Waals surface area contributed by atoms with Crippen molar-refractivity contribution in [3.63, 3.8) is 0 Å². The lowest BCUT2D eigenvalue weighted by Crippen LogP contribution is -2.45. The summed E-state index contributed by atoms with van der Waals surface area (Å²) >= 11 is 7.98. The van der Waals surface area contributed by atoms with Gasteiger partial charge in [-0.15, -0.1) is 11.3 Å². The van der Waals surface area contributed by atoms with Gasteiger partial charge in [-0.05, 0) is 47.5 Å². The first-order valence-electron chi connectivity index (χ1n) is 8.92. The van der Waals surface area contributed by atoms with E-state index in [0.717, 1.165) is 56.0 Å². The van der Waals surface area contributed by atoms with Crippen LogP contribution in [-0.4, -0.2) is 29.6 Å². The van der Waals surface area contributed by atoms with Crippen molar-refractivity contribution in [3.05, 3.63) is 56.9 Å². The number of aromatic nitrogens is 1. The number of likely N-dealkylation sites (tertiary alicyclic amines) is 1. The number of hydrogen-bond donors (Lipinski definition) is 1. The van der Waals surface area contributed by atoms with Crippen LogP contribution in [0.1, 0.15) is 28.8 Å². The number of H-pyrrole nitrogens is 1. The zero-order valence-electron chi connectivity index (χ0n) is 14.1. The van der Waals surface area contributed by atoms with Crippen molar-refractivity contribution in [1.82, 2.24) is 9.88 Å². The molecule has 1 aromatic carbocycles. The Morgan fingerprint density at radius 1 is 1.24 bits per heavy atom. The highest BCUT2D eigenvalue weighted by atomic mass is 35.5. The molecule has 3 nitrogen and oxygen atoms in total. The van der Waals surface area contributed by atoms with E-state index in [-0.39, 0.29) is 5.60 Å². The zero-order valence-corrected chi connectivity index (χ0v) is 15.6. The van der Waals surface area contributed by atoms with Crippen LogP contribution in [0.5, 0.6) is 0 Å². The molecule has 0 atom stereocenters. The number of piperidine rings is 1. The largest absolute Gasteiger partial charge is 0.370 e. The topological polar surface area (TPSA) is 28.3 Å². The number of nitrogens with one attached hydrogen (secondary N) is 1. The van der Waals surface area contributed by atoms with Crippen LogP contribution in [0, 0.1) is 0 Å². The predicted octanol–water partition coefficient (Wildman–Crippen LogP) is 4.95. The number of rotatable bonds is 2. The number of thiophene rings is 1. The SMILES string of the molecule is Clc1ccc2c(CN3CCC4(CC3)OCCc3sccc34)c[nH]c2c1. The van der Waals surface area contributed by atoms with E-state index in [4.69, 9.17) is 16.3 Å². The molecule has 1 fully saturated rings. The summed E-state index contributed by atoms with van der Waals surface area (Å²) in [5, 5.41) is 4.28. The molecule has 130 valence electrons. The summed E-state index contributed by atoms with van der Waals surface area (Å²) in [6.07, 6.45) is 5.38. The lowest BCUT2D eigenvalue weighted by Gasteiger charge is -2.44. The van der Waals surface area contributed by atoms with Gasteiger partial charge in [-0.1, -0.05) is 17.7 Å². The molecule has 25 heavy (non-hydrogen) atoms. The molecule has 0 aliphatic carbocycles. The first-order chi connectivity index (χ1) is 12.2. The smallest absolute Gasteiger partial charge is 0.0966 e. The van der Waals surface area contributed by atoms with Crippen molar-refractivity contribution in [2.24, 2.45) is 0 Å². The Bertz CT molecular complexity index is 907. The van der Waals surface area contributed by atoms with Crippen LogP contribution in [0.4, 0.5) is 0 Å². The average molecular weight is 373 g/mol. The number of fused-ring (bicyclic) bond motifs is 3. The van der Waals surface area contributed by atoms with Crippen LogP contribution < -0.4 is 0 Å². The highest BCUT2D eigenvalue weighted by Gasteiger charge is 2.41. The van der Waals surface area contributed by atoms with E-state index in [1.165, 1.54) is 21.4 Å². The second-order valence-corrected chi connectivity index (χ2v) is 8.57. The normalized spacial score (nSPS) is 20.2. The van der Waals surface area contributed by atoms with Crippen molar-refractivity contribution in [1.29, 1.82) is 0 Å². The number of halogens is 1. The molecule has 0 amide bonds. The van der Waals surface area contributed by atoms with Gasteiger partial charge >= 0.3 is 0 Å². The highest BCUT2D eigenvalue weighted by molar-refractivity contribution is 7.10. The molecule has 5 rings (SSSR count). The Hall–Kier alpha value is -1.33. The first kappa shape index (κ1) is 15.9. The Morgan fingerprint density at radius 3 is 3.00 bits per heavy atom. The Morgan fingerprint density at radius 2 is 2.12 bits per heavy atom. The van der Waals surface area contributed by atoms with Crippen LogP contribution >= 0.6 is 22.9 Å². The summed E-state index contributed by atoms with van der Waals surface area (Å²) in [5.74, 6) is 0. The van der Waals surface area contributed by atoms with Crippen molar-refractivity contribution in [2.75, 3.05) is 19.7 Å². The Labute approximate surface area is 156 Å². The monoisotopic (exact) mass is 372 g/mol. The number of ether oxygens (including phenoxy) is 1. The lowest BCUT2D eigenvalue weighted by molar-refractivity contribution is -0.0980. The van der Waals surface area contributed by atoms with Crippen LogP contribution in [0.3, 0.4) is 0 Å². The number of aromatic amines is 1. The molecule has 1 spiro atoms. The third-order valence-corrected chi connectivity index (χ3v) is 6.95. The van der Waals surface area contributed by atoms with Crippen LogP contribution in [0.25, 0.3) is 10.9 Å². The van der Waals surface area contributed by atoms with E-state index in [9.17, 15) is 0 Å². The standard InChI is InChI=1S/C20H21ClN2OS/c21-15-1-2-16-14(12-22-18(16)11-15)13-23-7-5-20(6-8-23)17-4-10-25-19(17)3-9-24-20/h1-2,4,10-12,22H,3,5-9,13H2. The average Bonchev–Trinajstić information content (AvgIpc) is 3.25. The minimum absolute atomic E-state index is 0.0299. The van der Waals surface area contributed by atoms with Crippen LogP contribution in [-0.2, 0) is 23.3 Å². The van der Waals surface area contributed by atoms with Crippen LogP contribution in [0.15, 0.2) is 35.8 Å². The molecule has 5 heteroatoms. The number of benzene rings is 1. The summed E-state index contributed by atoms with van der Waals surface area (Å²) in [7, 11) is 0. The fourth-order valence-electron chi connectivity index (χ4n) is 4.37. The summed E-state index contributed by atoms with van der Waals surface area (Å²) < 4.78 is 6.32. The first-order valence-corrected chi connectivity index (χ1v) is 10.2. The second-order valence-electron chi connectivity index (χ2n) is 7.13. The van der Waals surface area contributed by atoms with E-state index in [0.29, 0.717) is 0 Å². The maximum absolute atomic E-state index is 6.32. The van der Waals surface area contributed by atoms with Gasteiger partial charge in [0.1, 0.15) is 0 Å². The third-order valence-electron chi connectivity index (χ3n) is 5.73. The van der Waals surface area contributed by atoms with Gasteiger partial charge in [0, 0.05) is 53.1 Å². The van der Waals surface area contributed by atoms with Crippen molar-refractivity contribution >= 4 is 33.8 Å². The number of hydrogen-bond acceptors (Lipinski definition) is 3. The van der Waals surface area contributed by atoms with Gasteiger partial charge < -0.3 is 9.72 Å². The van der Waals surface area contributed by atoms with Gasteiger partial charge in [0.25, 0.3) is 0 Å². The Balaban J connectivity index is 1.33. The maximum atomic E-state index is 6.32. The number of nitrogens with zero attached hydrogens (tertiary/aromatic N) is 1. The van der Waals surface area contributed by atoms with Crippen molar-refractivity contribution in [2.45, 2.75) is 31.4 Å². The summed E-state index contributed by atoms with van der Waals surface area (Å²) in [4.78, 5) is 7.43. The minimum Gasteiger partial charge on any atom is -0.370 e. The molecular weight excluding hydrogens is 352 g/mol. The molecule has 0 unspecified atom stereocenters. The zero-order chi connectivity index (χ0) is 16.9. The maximum Gasteiger partial charge on any atom is 0.0966 e. The third kappa shape index (κ3) is 2.72. The summed E-state index contributed by atoms with van der Waals surface area (Å²) in [6.45, 7) is 4.01. The Kier molecular flexibility index (Phi) is 3.90. The fraction of sp³-hybridized carbons (Fsp3) is 0.400. The molecule has 1 saturated heterocycles. The molecule has 2 aromatic heterocycles. The van der Waals surface area contributed by atoms with E-state index in [1.54, 1.807) is 0 Å². The van der Waals surface area contributed by atoms with Gasteiger partial charge in [-0.25, -0.2) is 0 Å². The molecule has 0 bridgehead atoms. The quantitative estimate of drug-likeness (QED) is 0.689. The van der Waals surface area contributed by atoms with Gasteiger partial charge in [-0.2, -0.15) is 0 Å². The van der Waals surface area contributed by atoms with E-state index < -0.39 is 0 Å². The molecule has 0 saturated carbocycles. The van der Waals surface area contributed by atoms with Crippen LogP contribution in [0.2, 0.25) is 5.02 Å². The minimum atomic E-state index is -0.0299. The second kappa shape index (κ2) is 6.13. The van der Waals surface area contributed by atoms with E-state index >= 15 is 0 Å². The summed E-state index contributed by atoms with van der Waals surface area (Å²) in [5.41, 5.74) is 3.90. The molecular formula is C20H21ClN2OS. The van der Waals surface area contributed by atoms with Crippen molar-refractivity contribution < 1.29 is 4.74 Å². The molecule has 3 aromatic rings. The van der Waals surface area contributed by atoms with Crippen molar-refractivity contribution in [3.8, 4) is 0 Å². The molecule has 4 heterocycles. The molecule has 0 radical (unpaired) electrons. The summed E-state index contributed by atoms with van der Waals surface area (Å²) in [6, 6.07) is 8.38. The fourth-order valence-corrected chi connectivity index (χ4v) is 5.50. The van der Waals surface area contributed by atoms with Gasteiger partial charge in [0.15, 0.2) is 0 Å². The van der Waals surface area contributed by atoms with E-state index in [2.05, 4.69) is 33.6 Å². The van der Waals surface area contributed by atoms with Gasteiger partial charge in [0.05, 0.1) is 12.2 Å². The lowest BCUT2D eigenvalue weighted by atomic mass is 9.82. The molecule has 1 N–H and O–H groups in total. The highest BCUT2D eigenvalue weighted by Crippen LogP contribution is 2.43. The van der Waals surface area contributed by atoms with E-state index in [1.807, 2.05) is 23.5 Å². The molecule has 2 aliphatic heterocycles.